The van der Waals surface area contributed by atoms with Crippen LogP contribution in [0.15, 0.2) is 42.5 Å². The van der Waals surface area contributed by atoms with Crippen molar-refractivity contribution in [3.8, 4) is 0 Å². The lowest BCUT2D eigenvalue weighted by Crippen LogP contribution is -3.14. The number of benzene rings is 2. The van der Waals surface area contributed by atoms with Gasteiger partial charge in [-0.05, 0) is 49.4 Å². The Bertz CT molecular complexity index is 797. The minimum absolute atomic E-state index is 0.125. The third kappa shape index (κ3) is 5.88. The van der Waals surface area contributed by atoms with Crippen LogP contribution < -0.4 is 15.5 Å². The van der Waals surface area contributed by atoms with Crippen LogP contribution in [0.25, 0.3) is 0 Å². The fourth-order valence-electron chi connectivity index (χ4n) is 2.20. The molecule has 0 aliphatic rings. The molecular formula is C18H19Cl3N3O2+. The average molecular weight is 416 g/mol. The van der Waals surface area contributed by atoms with Crippen molar-refractivity contribution in [2.24, 2.45) is 0 Å². The molecule has 3 N–H and O–H groups in total. The normalized spacial score (nSPS) is 13.0. The second-order valence-electron chi connectivity index (χ2n) is 5.91. The Labute approximate surface area is 167 Å². The number of hydrogen-bond donors (Lipinski definition) is 3. The fraction of sp³-hybridized carbons (Fsp3) is 0.222. The summed E-state index contributed by atoms with van der Waals surface area (Å²) >= 11 is 17.8. The van der Waals surface area contributed by atoms with Gasteiger partial charge in [0, 0.05) is 15.7 Å². The van der Waals surface area contributed by atoms with E-state index in [-0.39, 0.29) is 18.4 Å². The maximum absolute atomic E-state index is 12.4. The Morgan fingerprint density at radius 3 is 2.27 bits per heavy atom. The minimum atomic E-state index is -0.471. The van der Waals surface area contributed by atoms with Crippen LogP contribution in [0.2, 0.25) is 15.1 Å². The molecule has 2 amide bonds. The lowest BCUT2D eigenvalue weighted by Gasteiger charge is -2.21. The van der Waals surface area contributed by atoms with E-state index in [0.29, 0.717) is 26.4 Å². The number of rotatable bonds is 6. The molecule has 0 aliphatic carbocycles. The van der Waals surface area contributed by atoms with Gasteiger partial charge in [0.2, 0.25) is 0 Å². The van der Waals surface area contributed by atoms with Gasteiger partial charge in [-0.3, -0.25) is 9.59 Å². The van der Waals surface area contributed by atoms with Crippen molar-refractivity contribution in [2.75, 3.05) is 24.2 Å². The lowest BCUT2D eigenvalue weighted by molar-refractivity contribution is -0.885. The molecular weight excluding hydrogens is 397 g/mol. The molecule has 2 aromatic rings. The first-order chi connectivity index (χ1) is 12.3. The number of carbonyl (C=O) groups is 2. The van der Waals surface area contributed by atoms with Gasteiger partial charge in [0.25, 0.3) is 11.8 Å². The summed E-state index contributed by atoms with van der Waals surface area (Å²) in [6, 6.07) is 11.2. The second-order valence-corrected chi connectivity index (χ2v) is 7.19. The van der Waals surface area contributed by atoms with Crippen molar-refractivity contribution in [3.05, 3.63) is 57.5 Å². The molecule has 2 atom stereocenters. The van der Waals surface area contributed by atoms with Gasteiger partial charge in [0.1, 0.15) is 0 Å². The Kier molecular flexibility index (Phi) is 7.29. The maximum atomic E-state index is 12.4. The predicted octanol–water partition coefficient (Wildman–Crippen LogP) is 3.13. The number of nitrogens with one attached hydrogen (secondary N) is 3. The number of halogens is 3. The monoisotopic (exact) mass is 414 g/mol. The average Bonchev–Trinajstić information content (AvgIpc) is 2.59. The van der Waals surface area contributed by atoms with E-state index in [0.717, 1.165) is 4.90 Å². The van der Waals surface area contributed by atoms with Crippen molar-refractivity contribution < 1.29 is 14.5 Å². The van der Waals surface area contributed by atoms with Crippen molar-refractivity contribution in [1.29, 1.82) is 0 Å². The van der Waals surface area contributed by atoms with Crippen LogP contribution in [0.3, 0.4) is 0 Å². The molecule has 0 aromatic heterocycles. The Morgan fingerprint density at radius 2 is 1.62 bits per heavy atom. The highest BCUT2D eigenvalue weighted by Crippen LogP contribution is 2.25. The maximum Gasteiger partial charge on any atom is 0.282 e. The highest BCUT2D eigenvalue weighted by molar-refractivity contribution is 6.35. The molecule has 138 valence electrons. The van der Waals surface area contributed by atoms with Gasteiger partial charge >= 0.3 is 0 Å². The zero-order valence-electron chi connectivity index (χ0n) is 14.3. The standard InChI is InChI=1S/C18H18Cl3N3O2/c1-11(18(26)23-16-9-13(20)5-8-15(16)21)24(2)10-17(25)22-14-6-3-12(19)4-7-14/h3-9,11H,10H2,1-2H3,(H,22,25)(H,23,26)/p+1/t11-/m0/s1. The predicted molar refractivity (Wildman–Crippen MR) is 106 cm³/mol. The van der Waals surface area contributed by atoms with Gasteiger partial charge in [0.15, 0.2) is 12.6 Å². The van der Waals surface area contributed by atoms with Gasteiger partial charge in [-0.15, -0.1) is 0 Å². The van der Waals surface area contributed by atoms with Gasteiger partial charge in [0.05, 0.1) is 17.8 Å². The molecule has 0 saturated heterocycles. The molecule has 1 unspecified atom stereocenters. The number of anilines is 2. The van der Waals surface area contributed by atoms with Crippen molar-refractivity contribution in [1.82, 2.24) is 0 Å². The van der Waals surface area contributed by atoms with Gasteiger partial charge < -0.3 is 15.5 Å². The Morgan fingerprint density at radius 1 is 1.00 bits per heavy atom. The van der Waals surface area contributed by atoms with E-state index in [2.05, 4.69) is 10.6 Å². The van der Waals surface area contributed by atoms with Crippen LogP contribution >= 0.6 is 34.8 Å². The fourth-order valence-corrected chi connectivity index (χ4v) is 2.67. The van der Waals surface area contributed by atoms with E-state index >= 15 is 0 Å². The molecule has 0 bridgehead atoms. The summed E-state index contributed by atoms with van der Waals surface area (Å²) in [6.07, 6.45) is 0. The number of likely N-dealkylation sites (N-methyl/N-ethyl adjacent to an activating group) is 1. The summed E-state index contributed by atoms with van der Waals surface area (Å²) in [6.45, 7) is 1.86. The summed E-state index contributed by atoms with van der Waals surface area (Å²) in [4.78, 5) is 25.3. The number of amides is 2. The summed E-state index contributed by atoms with van der Waals surface area (Å²) in [7, 11) is 1.77. The first-order valence-corrected chi connectivity index (χ1v) is 9.03. The lowest BCUT2D eigenvalue weighted by atomic mass is 10.2. The molecule has 0 radical (unpaired) electrons. The highest BCUT2D eigenvalue weighted by atomic mass is 35.5. The van der Waals surface area contributed by atoms with Crippen LogP contribution in [0.1, 0.15) is 6.92 Å². The number of hydrogen-bond acceptors (Lipinski definition) is 2. The van der Waals surface area contributed by atoms with E-state index in [9.17, 15) is 9.59 Å². The van der Waals surface area contributed by atoms with E-state index in [4.69, 9.17) is 34.8 Å². The molecule has 2 rings (SSSR count). The van der Waals surface area contributed by atoms with Crippen LogP contribution in [0.5, 0.6) is 0 Å². The first-order valence-electron chi connectivity index (χ1n) is 7.90. The number of quaternary nitrogens is 1. The van der Waals surface area contributed by atoms with Crippen molar-refractivity contribution in [3.63, 3.8) is 0 Å². The molecule has 0 fully saturated rings. The van der Waals surface area contributed by atoms with E-state index in [1.165, 1.54) is 0 Å². The zero-order chi connectivity index (χ0) is 19.3. The van der Waals surface area contributed by atoms with Crippen LogP contribution in [0, 0.1) is 0 Å². The molecule has 8 heteroatoms. The summed E-state index contributed by atoms with van der Waals surface area (Å²) in [5, 5.41) is 6.97. The topological polar surface area (TPSA) is 62.6 Å². The molecule has 2 aromatic carbocycles. The smallest absolute Gasteiger partial charge is 0.282 e. The number of carbonyl (C=O) groups excluding carboxylic acids is 2. The quantitative estimate of drug-likeness (QED) is 0.679. The second kappa shape index (κ2) is 9.24. The largest absolute Gasteiger partial charge is 0.321 e. The van der Waals surface area contributed by atoms with Gasteiger partial charge in [-0.2, -0.15) is 0 Å². The SMILES string of the molecule is C[C@@H](C(=O)Nc1cc(Cl)ccc1Cl)[NH+](C)CC(=O)Nc1ccc(Cl)cc1. The van der Waals surface area contributed by atoms with Crippen LogP contribution in [-0.4, -0.2) is 31.4 Å². The van der Waals surface area contributed by atoms with E-state index in [1.54, 1.807) is 56.4 Å². The Balaban J connectivity index is 1.92. The van der Waals surface area contributed by atoms with Crippen LogP contribution in [-0.2, 0) is 9.59 Å². The van der Waals surface area contributed by atoms with Gasteiger partial charge in [-0.1, -0.05) is 34.8 Å². The van der Waals surface area contributed by atoms with E-state index < -0.39 is 6.04 Å². The van der Waals surface area contributed by atoms with Crippen LogP contribution in [0.4, 0.5) is 11.4 Å². The molecule has 26 heavy (non-hydrogen) atoms. The molecule has 0 saturated carbocycles. The summed E-state index contributed by atoms with van der Waals surface area (Å²) in [5.41, 5.74) is 1.09. The Hall–Kier alpha value is -1.79. The molecule has 5 nitrogen and oxygen atoms in total. The van der Waals surface area contributed by atoms with Gasteiger partial charge in [-0.25, -0.2) is 0 Å². The summed E-state index contributed by atoms with van der Waals surface area (Å²) in [5.74, 6) is -0.462. The molecule has 0 aliphatic heterocycles. The minimum Gasteiger partial charge on any atom is -0.321 e. The highest BCUT2D eigenvalue weighted by Gasteiger charge is 2.24. The molecule has 0 heterocycles. The zero-order valence-corrected chi connectivity index (χ0v) is 16.5. The first kappa shape index (κ1) is 20.5. The third-order valence-electron chi connectivity index (χ3n) is 3.89. The van der Waals surface area contributed by atoms with E-state index in [1.807, 2.05) is 0 Å². The molecule has 0 spiro atoms. The third-order valence-corrected chi connectivity index (χ3v) is 4.70. The summed E-state index contributed by atoms with van der Waals surface area (Å²) < 4.78 is 0. The van der Waals surface area contributed by atoms with Crippen molar-refractivity contribution >= 4 is 58.0 Å². The van der Waals surface area contributed by atoms with Crippen molar-refractivity contribution in [2.45, 2.75) is 13.0 Å².